The second-order valence-corrected chi connectivity index (χ2v) is 7.69. The standard InChI is InChI=1S/C28H23N3O/c32-27(22-11-10-18-29-19-22)26-20-30-21-31(26)28(23-12-4-1-5-13-23,24-14-6-2-7-15-24)25-16-8-3-9-17-25/h1-21,27,32H. The molecule has 1 atom stereocenters. The maximum Gasteiger partial charge on any atom is 0.122 e. The van der Waals surface area contributed by atoms with Crippen molar-refractivity contribution < 1.29 is 5.11 Å². The molecule has 32 heavy (non-hydrogen) atoms. The van der Waals surface area contributed by atoms with Gasteiger partial charge in [-0.3, -0.25) is 4.98 Å². The average molecular weight is 418 g/mol. The summed E-state index contributed by atoms with van der Waals surface area (Å²) in [6.07, 6.45) is 6.07. The van der Waals surface area contributed by atoms with Crippen LogP contribution < -0.4 is 0 Å². The summed E-state index contributed by atoms with van der Waals surface area (Å²) in [5, 5.41) is 11.4. The lowest BCUT2D eigenvalue weighted by Gasteiger charge is -2.39. The monoisotopic (exact) mass is 417 g/mol. The zero-order valence-electron chi connectivity index (χ0n) is 17.5. The minimum atomic E-state index is -0.873. The van der Waals surface area contributed by atoms with E-state index in [4.69, 9.17) is 0 Å². The Morgan fingerprint density at radius 2 is 1.16 bits per heavy atom. The Hall–Kier alpha value is -4.02. The van der Waals surface area contributed by atoms with Gasteiger partial charge in [0.2, 0.25) is 0 Å². The number of pyridine rings is 1. The summed E-state index contributed by atoms with van der Waals surface area (Å²) >= 11 is 0. The molecule has 2 heterocycles. The van der Waals surface area contributed by atoms with Gasteiger partial charge < -0.3 is 9.67 Å². The van der Waals surface area contributed by atoms with E-state index in [-0.39, 0.29) is 0 Å². The smallest absolute Gasteiger partial charge is 0.122 e. The Bertz CT molecular complexity index is 1170. The van der Waals surface area contributed by atoms with Crippen molar-refractivity contribution in [1.82, 2.24) is 14.5 Å². The normalized spacial score (nSPS) is 12.4. The van der Waals surface area contributed by atoms with E-state index in [1.807, 2.05) is 73.1 Å². The van der Waals surface area contributed by atoms with E-state index in [0.29, 0.717) is 5.69 Å². The van der Waals surface area contributed by atoms with Crippen molar-refractivity contribution in [1.29, 1.82) is 0 Å². The molecule has 5 aromatic rings. The van der Waals surface area contributed by atoms with E-state index in [9.17, 15) is 5.11 Å². The summed E-state index contributed by atoms with van der Waals surface area (Å²) in [6.45, 7) is 0. The van der Waals surface area contributed by atoms with Crippen LogP contribution >= 0.6 is 0 Å². The number of imidazole rings is 1. The van der Waals surface area contributed by atoms with Gasteiger partial charge in [0.05, 0.1) is 18.2 Å². The second-order valence-electron chi connectivity index (χ2n) is 7.69. The number of benzene rings is 3. The van der Waals surface area contributed by atoms with Gasteiger partial charge in [0.25, 0.3) is 0 Å². The molecule has 0 aliphatic rings. The first-order valence-corrected chi connectivity index (χ1v) is 10.6. The van der Waals surface area contributed by atoms with Gasteiger partial charge in [-0.15, -0.1) is 0 Å². The van der Waals surface area contributed by atoms with Gasteiger partial charge >= 0.3 is 0 Å². The van der Waals surface area contributed by atoms with Gasteiger partial charge in [-0.05, 0) is 22.8 Å². The minimum absolute atomic E-state index is 0.689. The number of hydrogen-bond acceptors (Lipinski definition) is 3. The predicted octanol–water partition coefficient (Wildman–Crippen LogP) is 5.20. The largest absolute Gasteiger partial charge is 0.382 e. The Morgan fingerprint density at radius 3 is 1.62 bits per heavy atom. The summed E-state index contributed by atoms with van der Waals surface area (Å²) in [5.41, 5.74) is 3.92. The number of nitrogens with zero attached hydrogens (tertiary/aromatic N) is 3. The lowest BCUT2D eigenvalue weighted by atomic mass is 9.76. The quantitative estimate of drug-likeness (QED) is 0.386. The molecule has 1 unspecified atom stereocenters. The van der Waals surface area contributed by atoms with Crippen LogP contribution in [-0.2, 0) is 5.54 Å². The van der Waals surface area contributed by atoms with E-state index in [1.165, 1.54) is 0 Å². The number of aliphatic hydroxyl groups is 1. The first-order valence-electron chi connectivity index (χ1n) is 10.6. The van der Waals surface area contributed by atoms with Crippen LogP contribution in [0, 0.1) is 0 Å². The molecule has 0 bridgehead atoms. The molecule has 0 aliphatic heterocycles. The maximum atomic E-state index is 11.4. The lowest BCUT2D eigenvalue weighted by molar-refractivity contribution is 0.205. The van der Waals surface area contributed by atoms with E-state index < -0.39 is 11.6 Å². The molecule has 3 aromatic carbocycles. The molecule has 0 saturated carbocycles. The highest BCUT2D eigenvalue weighted by molar-refractivity contribution is 5.51. The molecule has 5 rings (SSSR count). The van der Waals surface area contributed by atoms with E-state index in [1.54, 1.807) is 18.6 Å². The van der Waals surface area contributed by atoms with Crippen LogP contribution in [0.15, 0.2) is 128 Å². The molecule has 0 saturated heterocycles. The zero-order chi connectivity index (χ0) is 21.8. The Morgan fingerprint density at radius 1 is 0.625 bits per heavy atom. The molecule has 1 N–H and O–H groups in total. The molecule has 0 spiro atoms. The van der Waals surface area contributed by atoms with Crippen molar-refractivity contribution in [2.24, 2.45) is 0 Å². The highest BCUT2D eigenvalue weighted by atomic mass is 16.3. The minimum Gasteiger partial charge on any atom is -0.382 e. The summed E-state index contributed by atoms with van der Waals surface area (Å²) < 4.78 is 2.09. The van der Waals surface area contributed by atoms with E-state index >= 15 is 0 Å². The van der Waals surface area contributed by atoms with Crippen molar-refractivity contribution in [2.75, 3.05) is 0 Å². The van der Waals surface area contributed by atoms with Crippen LogP contribution in [0.2, 0.25) is 0 Å². The maximum absolute atomic E-state index is 11.4. The molecule has 4 nitrogen and oxygen atoms in total. The third-order valence-corrected chi connectivity index (χ3v) is 5.88. The Balaban J connectivity index is 1.84. The van der Waals surface area contributed by atoms with Gasteiger partial charge in [-0.25, -0.2) is 4.98 Å². The molecule has 0 aliphatic carbocycles. The molecule has 4 heteroatoms. The number of aliphatic hydroxyl groups excluding tert-OH is 1. The molecular formula is C28H23N3O. The number of hydrogen-bond donors (Lipinski definition) is 1. The molecule has 0 amide bonds. The fourth-order valence-electron chi connectivity index (χ4n) is 4.45. The molecule has 0 radical (unpaired) electrons. The summed E-state index contributed by atoms with van der Waals surface area (Å²) in [4.78, 5) is 8.69. The fraction of sp³-hybridized carbons (Fsp3) is 0.0714. The van der Waals surface area contributed by atoms with Crippen LogP contribution in [0.25, 0.3) is 0 Å². The van der Waals surface area contributed by atoms with Gasteiger partial charge in [0.15, 0.2) is 0 Å². The van der Waals surface area contributed by atoms with Crippen LogP contribution in [0.3, 0.4) is 0 Å². The Kier molecular flexibility index (Phi) is 5.36. The zero-order valence-corrected chi connectivity index (χ0v) is 17.5. The van der Waals surface area contributed by atoms with Gasteiger partial charge in [-0.2, -0.15) is 0 Å². The van der Waals surface area contributed by atoms with Crippen LogP contribution in [0.1, 0.15) is 34.1 Å². The lowest BCUT2D eigenvalue weighted by Crippen LogP contribution is -2.39. The highest BCUT2D eigenvalue weighted by Gasteiger charge is 2.40. The summed E-state index contributed by atoms with van der Waals surface area (Å²) in [7, 11) is 0. The van der Waals surface area contributed by atoms with Crippen LogP contribution in [-0.4, -0.2) is 19.6 Å². The van der Waals surface area contributed by atoms with Gasteiger partial charge in [0.1, 0.15) is 11.6 Å². The van der Waals surface area contributed by atoms with Crippen LogP contribution in [0.5, 0.6) is 0 Å². The summed E-state index contributed by atoms with van der Waals surface area (Å²) in [5.74, 6) is 0. The first kappa shape index (κ1) is 19.9. The predicted molar refractivity (Wildman–Crippen MR) is 125 cm³/mol. The van der Waals surface area contributed by atoms with Gasteiger partial charge in [0, 0.05) is 18.0 Å². The van der Waals surface area contributed by atoms with Crippen molar-refractivity contribution in [3.63, 3.8) is 0 Å². The third-order valence-electron chi connectivity index (χ3n) is 5.88. The van der Waals surface area contributed by atoms with Crippen molar-refractivity contribution in [3.8, 4) is 0 Å². The average Bonchev–Trinajstić information content (AvgIpc) is 3.37. The highest BCUT2D eigenvalue weighted by Crippen LogP contribution is 2.42. The topological polar surface area (TPSA) is 50.9 Å². The molecular weight excluding hydrogens is 394 g/mol. The van der Waals surface area contributed by atoms with E-state index in [2.05, 4.69) is 50.9 Å². The fourth-order valence-corrected chi connectivity index (χ4v) is 4.45. The molecule has 2 aromatic heterocycles. The molecule has 156 valence electrons. The first-order chi connectivity index (χ1) is 15.8. The van der Waals surface area contributed by atoms with Crippen molar-refractivity contribution in [2.45, 2.75) is 11.6 Å². The van der Waals surface area contributed by atoms with Crippen molar-refractivity contribution in [3.05, 3.63) is 156 Å². The number of rotatable bonds is 6. The number of aromatic nitrogens is 3. The van der Waals surface area contributed by atoms with Crippen LogP contribution in [0.4, 0.5) is 0 Å². The molecule has 0 fully saturated rings. The van der Waals surface area contributed by atoms with E-state index in [0.717, 1.165) is 22.3 Å². The Labute approximate surface area is 187 Å². The van der Waals surface area contributed by atoms with Crippen molar-refractivity contribution >= 4 is 0 Å². The summed E-state index contributed by atoms with van der Waals surface area (Å²) in [6, 6.07) is 34.8. The SMILES string of the molecule is OC(c1cccnc1)c1cncn1C(c1ccccc1)(c1ccccc1)c1ccccc1. The second kappa shape index (κ2) is 8.61. The third kappa shape index (κ3) is 3.31. The van der Waals surface area contributed by atoms with Gasteiger partial charge in [-0.1, -0.05) is 97.1 Å².